The van der Waals surface area contributed by atoms with E-state index < -0.39 is 0 Å². The quantitative estimate of drug-likeness (QED) is 0.799. The lowest BCUT2D eigenvalue weighted by Crippen LogP contribution is -2.11. The Labute approximate surface area is 131 Å². The monoisotopic (exact) mass is 299 g/mol. The first-order valence-corrected chi connectivity index (χ1v) is 7.19. The van der Waals surface area contributed by atoms with Crippen LogP contribution in [-0.4, -0.2) is 34.1 Å². The fourth-order valence-corrected chi connectivity index (χ4v) is 2.49. The zero-order valence-electron chi connectivity index (χ0n) is 13.2. The van der Waals surface area contributed by atoms with Crippen LogP contribution in [0.1, 0.15) is 15.9 Å². The smallest absolute Gasteiger partial charge is 0.161 e. The third kappa shape index (κ3) is 3.28. The van der Waals surface area contributed by atoms with Gasteiger partial charge in [0.2, 0.25) is 0 Å². The first kappa shape index (κ1) is 16.0. The van der Waals surface area contributed by atoms with Crippen LogP contribution in [-0.2, 0) is 6.42 Å². The average molecular weight is 299 g/mol. The molecule has 0 atom stereocenters. The van der Waals surface area contributed by atoms with E-state index in [1.54, 1.807) is 20.3 Å². The van der Waals surface area contributed by atoms with Gasteiger partial charge in [-0.2, -0.15) is 0 Å². The number of nitrogens with one attached hydrogen (secondary N) is 1. The van der Waals surface area contributed by atoms with Crippen LogP contribution in [0, 0.1) is 0 Å². The maximum atomic E-state index is 11.5. The second kappa shape index (κ2) is 7.61. The second-order valence-corrected chi connectivity index (χ2v) is 4.92. The number of carbonyl (C=O) groups excluding carboxylic acids is 1. The predicted molar refractivity (Wildman–Crippen MR) is 88.0 cm³/mol. The molecule has 4 nitrogen and oxygen atoms in total. The molecule has 0 unspecified atom stereocenters. The van der Waals surface area contributed by atoms with E-state index in [0.717, 1.165) is 30.4 Å². The molecule has 0 fully saturated rings. The number of rotatable bonds is 7. The highest BCUT2D eigenvalue weighted by Crippen LogP contribution is 2.36. The Morgan fingerprint density at radius 1 is 1.05 bits per heavy atom. The molecule has 2 aromatic carbocycles. The molecular formula is C18H21NO3. The molecule has 4 heteroatoms. The molecule has 0 saturated heterocycles. The molecule has 0 heterocycles. The molecule has 0 aliphatic carbocycles. The van der Waals surface area contributed by atoms with Crippen LogP contribution in [0.3, 0.4) is 0 Å². The molecule has 0 saturated carbocycles. The summed E-state index contributed by atoms with van der Waals surface area (Å²) in [5.41, 5.74) is 3.68. The molecule has 2 aromatic rings. The Bertz CT molecular complexity index is 653. The second-order valence-electron chi connectivity index (χ2n) is 4.92. The lowest BCUT2D eigenvalue weighted by molar-refractivity contribution is 0.112. The Hall–Kier alpha value is -2.33. The van der Waals surface area contributed by atoms with E-state index in [1.165, 1.54) is 5.56 Å². The van der Waals surface area contributed by atoms with Gasteiger partial charge in [-0.15, -0.1) is 0 Å². The van der Waals surface area contributed by atoms with Crippen molar-refractivity contribution in [3.8, 4) is 22.6 Å². The van der Waals surface area contributed by atoms with Crippen molar-refractivity contribution in [2.75, 3.05) is 27.8 Å². The van der Waals surface area contributed by atoms with Crippen molar-refractivity contribution < 1.29 is 14.3 Å². The molecule has 116 valence electrons. The summed E-state index contributed by atoms with van der Waals surface area (Å²) in [5, 5.41) is 3.15. The van der Waals surface area contributed by atoms with Crippen LogP contribution < -0.4 is 14.8 Å². The molecule has 1 N–H and O–H groups in total. The van der Waals surface area contributed by atoms with Gasteiger partial charge in [-0.05, 0) is 48.8 Å². The Kier molecular flexibility index (Phi) is 5.55. The number of likely N-dealkylation sites (N-methyl/N-ethyl adjacent to an activating group) is 1. The van der Waals surface area contributed by atoms with Crippen LogP contribution in [0.25, 0.3) is 11.1 Å². The first-order valence-electron chi connectivity index (χ1n) is 7.19. The molecule has 22 heavy (non-hydrogen) atoms. The van der Waals surface area contributed by atoms with Crippen molar-refractivity contribution in [1.82, 2.24) is 5.32 Å². The fraction of sp³-hybridized carbons (Fsp3) is 0.278. The zero-order chi connectivity index (χ0) is 15.9. The number of methoxy groups -OCH3 is 2. The number of hydrogen-bond donors (Lipinski definition) is 1. The van der Waals surface area contributed by atoms with Crippen molar-refractivity contribution in [2.24, 2.45) is 0 Å². The SMILES string of the molecule is CNCCc1ccccc1-c1cc(OC)c(OC)cc1C=O. The summed E-state index contributed by atoms with van der Waals surface area (Å²) >= 11 is 0. The molecular weight excluding hydrogens is 278 g/mol. The number of aldehydes is 1. The molecule has 0 aliphatic rings. The van der Waals surface area contributed by atoms with Crippen molar-refractivity contribution in [3.63, 3.8) is 0 Å². The molecule has 0 aromatic heterocycles. The highest BCUT2D eigenvalue weighted by molar-refractivity contribution is 5.90. The molecule has 0 bridgehead atoms. The molecule has 0 radical (unpaired) electrons. The minimum atomic E-state index is 0.557. The molecule has 0 spiro atoms. The van der Waals surface area contributed by atoms with E-state index in [2.05, 4.69) is 11.4 Å². The normalized spacial score (nSPS) is 10.3. The topological polar surface area (TPSA) is 47.6 Å². The van der Waals surface area contributed by atoms with Crippen molar-refractivity contribution >= 4 is 6.29 Å². The average Bonchev–Trinajstić information content (AvgIpc) is 2.58. The maximum Gasteiger partial charge on any atom is 0.161 e. The predicted octanol–water partition coefficient (Wildman–Crippen LogP) is 2.95. The minimum absolute atomic E-state index is 0.557. The van der Waals surface area contributed by atoms with Crippen LogP contribution in [0.4, 0.5) is 0 Å². The van der Waals surface area contributed by atoms with Crippen molar-refractivity contribution in [2.45, 2.75) is 6.42 Å². The van der Waals surface area contributed by atoms with Crippen LogP contribution in [0.5, 0.6) is 11.5 Å². The Morgan fingerprint density at radius 3 is 2.36 bits per heavy atom. The van der Waals surface area contributed by atoms with E-state index in [0.29, 0.717) is 17.1 Å². The van der Waals surface area contributed by atoms with Gasteiger partial charge in [0.1, 0.15) is 0 Å². The largest absolute Gasteiger partial charge is 0.493 e. The van der Waals surface area contributed by atoms with Gasteiger partial charge >= 0.3 is 0 Å². The summed E-state index contributed by atoms with van der Waals surface area (Å²) in [7, 11) is 5.08. The van der Waals surface area contributed by atoms with E-state index in [4.69, 9.17) is 9.47 Å². The van der Waals surface area contributed by atoms with Gasteiger partial charge in [0, 0.05) is 5.56 Å². The van der Waals surface area contributed by atoms with Gasteiger partial charge < -0.3 is 14.8 Å². The lowest BCUT2D eigenvalue weighted by atomic mass is 9.94. The fourth-order valence-electron chi connectivity index (χ4n) is 2.49. The van der Waals surface area contributed by atoms with E-state index in [1.807, 2.05) is 31.3 Å². The summed E-state index contributed by atoms with van der Waals surface area (Å²) in [6.07, 6.45) is 1.74. The van der Waals surface area contributed by atoms with Crippen LogP contribution in [0.2, 0.25) is 0 Å². The summed E-state index contributed by atoms with van der Waals surface area (Å²) in [4.78, 5) is 11.5. The van der Waals surface area contributed by atoms with Crippen molar-refractivity contribution in [3.05, 3.63) is 47.5 Å². The third-order valence-corrected chi connectivity index (χ3v) is 3.63. The summed E-state index contributed by atoms with van der Waals surface area (Å²) in [6.45, 7) is 0.876. The highest BCUT2D eigenvalue weighted by Gasteiger charge is 2.14. The van der Waals surface area contributed by atoms with Crippen LogP contribution >= 0.6 is 0 Å². The summed E-state index contributed by atoms with van der Waals surface area (Å²) < 4.78 is 10.6. The zero-order valence-corrected chi connectivity index (χ0v) is 13.2. The van der Waals surface area contributed by atoms with E-state index >= 15 is 0 Å². The van der Waals surface area contributed by atoms with Gasteiger partial charge in [-0.3, -0.25) is 4.79 Å². The molecule has 0 amide bonds. The van der Waals surface area contributed by atoms with E-state index in [9.17, 15) is 4.79 Å². The minimum Gasteiger partial charge on any atom is -0.493 e. The number of ether oxygens (including phenoxy) is 2. The van der Waals surface area contributed by atoms with Gasteiger partial charge in [0.05, 0.1) is 14.2 Å². The van der Waals surface area contributed by atoms with Gasteiger partial charge in [-0.1, -0.05) is 24.3 Å². The highest BCUT2D eigenvalue weighted by atomic mass is 16.5. The molecule has 2 rings (SSSR count). The van der Waals surface area contributed by atoms with Crippen molar-refractivity contribution in [1.29, 1.82) is 0 Å². The summed E-state index contributed by atoms with van der Waals surface area (Å²) in [6, 6.07) is 11.7. The van der Waals surface area contributed by atoms with Gasteiger partial charge in [-0.25, -0.2) is 0 Å². The summed E-state index contributed by atoms with van der Waals surface area (Å²) in [5.74, 6) is 1.17. The maximum absolute atomic E-state index is 11.5. The molecule has 0 aliphatic heterocycles. The third-order valence-electron chi connectivity index (χ3n) is 3.63. The standard InChI is InChI=1S/C18H21NO3/c1-19-9-8-13-6-4-5-7-15(13)16-11-18(22-3)17(21-2)10-14(16)12-20/h4-7,10-12,19H,8-9H2,1-3H3. The van der Waals surface area contributed by atoms with Gasteiger partial charge in [0.25, 0.3) is 0 Å². The van der Waals surface area contributed by atoms with Gasteiger partial charge in [0.15, 0.2) is 17.8 Å². The first-order chi connectivity index (χ1) is 10.7. The number of benzene rings is 2. The Balaban J connectivity index is 2.58. The number of carbonyl (C=O) groups is 1. The van der Waals surface area contributed by atoms with E-state index in [-0.39, 0.29) is 0 Å². The number of hydrogen-bond acceptors (Lipinski definition) is 4. The van der Waals surface area contributed by atoms with Crippen LogP contribution in [0.15, 0.2) is 36.4 Å². The Morgan fingerprint density at radius 2 is 1.73 bits per heavy atom. The lowest BCUT2D eigenvalue weighted by Gasteiger charge is -2.15.